The van der Waals surface area contributed by atoms with Crippen molar-refractivity contribution in [3.63, 3.8) is 0 Å². The maximum Gasteiger partial charge on any atom is 0.416 e. The lowest BCUT2D eigenvalue weighted by Gasteiger charge is -2.18. The Morgan fingerprint density at radius 1 is 1.00 bits per heavy atom. The summed E-state index contributed by atoms with van der Waals surface area (Å²) in [5.41, 5.74) is -0.843. The summed E-state index contributed by atoms with van der Waals surface area (Å²) in [7, 11) is 0. The van der Waals surface area contributed by atoms with Gasteiger partial charge in [0.15, 0.2) is 0 Å². The molecule has 1 N–H and O–H groups in total. The highest BCUT2D eigenvalue weighted by atomic mass is 35.5. The number of halogens is 5. The van der Waals surface area contributed by atoms with Crippen LogP contribution < -0.4 is 5.32 Å². The van der Waals surface area contributed by atoms with Gasteiger partial charge in [-0.05, 0) is 18.2 Å². The largest absolute Gasteiger partial charge is 0.416 e. The quantitative estimate of drug-likeness (QED) is 0.680. The van der Waals surface area contributed by atoms with Crippen LogP contribution in [0.25, 0.3) is 0 Å². The molecule has 8 heteroatoms. The molecule has 0 aliphatic carbocycles. The van der Waals surface area contributed by atoms with Crippen molar-refractivity contribution < 1.29 is 13.2 Å². The highest BCUT2D eigenvalue weighted by molar-refractivity contribution is 6.33. The number of benzene rings is 1. The molecule has 0 unspecified atom stereocenters. The van der Waals surface area contributed by atoms with Gasteiger partial charge >= 0.3 is 6.18 Å². The molecule has 2 rings (SSSR count). The van der Waals surface area contributed by atoms with Gasteiger partial charge in [0.05, 0.1) is 16.3 Å². The summed E-state index contributed by atoms with van der Waals surface area (Å²) in [6, 6.07) is 4.53. The summed E-state index contributed by atoms with van der Waals surface area (Å²) >= 11 is 11.9. The molecular weight excluding hydrogens is 350 g/mol. The maximum atomic E-state index is 12.6. The normalized spacial score (nSPS) is 12.3. The van der Waals surface area contributed by atoms with Crippen molar-refractivity contribution in [2.75, 3.05) is 5.32 Å². The number of rotatable bonds is 2. The van der Waals surface area contributed by atoms with E-state index in [1.54, 1.807) is 0 Å². The van der Waals surface area contributed by atoms with Gasteiger partial charge in [0, 0.05) is 11.5 Å². The number of alkyl halides is 3. The van der Waals surface area contributed by atoms with Crippen molar-refractivity contribution in [2.45, 2.75) is 32.4 Å². The Kier molecular flexibility index (Phi) is 4.78. The predicted molar refractivity (Wildman–Crippen MR) is 85.5 cm³/mol. The summed E-state index contributed by atoms with van der Waals surface area (Å²) in [6.45, 7) is 5.77. The molecule has 3 nitrogen and oxygen atoms in total. The molecule has 0 amide bonds. The second kappa shape index (κ2) is 6.17. The second-order valence-corrected chi connectivity index (χ2v) is 6.76. The van der Waals surface area contributed by atoms with Crippen LogP contribution in [0, 0.1) is 0 Å². The van der Waals surface area contributed by atoms with Crippen molar-refractivity contribution in [3.8, 4) is 0 Å². The van der Waals surface area contributed by atoms with E-state index < -0.39 is 11.7 Å². The monoisotopic (exact) mass is 363 g/mol. The fourth-order valence-electron chi connectivity index (χ4n) is 1.75. The van der Waals surface area contributed by atoms with E-state index in [1.807, 2.05) is 20.8 Å². The van der Waals surface area contributed by atoms with Crippen LogP contribution in [0.3, 0.4) is 0 Å². The Morgan fingerprint density at radius 3 is 2.17 bits per heavy atom. The summed E-state index contributed by atoms with van der Waals surface area (Å²) in [4.78, 5) is 8.47. The Hall–Kier alpha value is -1.53. The van der Waals surface area contributed by atoms with Crippen molar-refractivity contribution in [1.29, 1.82) is 0 Å². The predicted octanol–water partition coefficient (Wildman–Crippen LogP) is 5.84. The lowest BCUT2D eigenvalue weighted by Crippen LogP contribution is -2.16. The Bertz CT molecular complexity index is 725. The smallest absolute Gasteiger partial charge is 0.339 e. The third kappa shape index (κ3) is 4.48. The minimum Gasteiger partial charge on any atom is -0.339 e. The maximum absolute atomic E-state index is 12.6. The first-order valence-corrected chi connectivity index (χ1v) is 7.41. The Morgan fingerprint density at radius 2 is 1.65 bits per heavy atom. The lowest BCUT2D eigenvalue weighted by atomic mass is 9.96. The first-order chi connectivity index (χ1) is 10.5. The zero-order chi connectivity index (χ0) is 17.4. The average molecular weight is 364 g/mol. The molecule has 23 heavy (non-hydrogen) atoms. The summed E-state index contributed by atoms with van der Waals surface area (Å²) in [6.07, 6.45) is -4.44. The van der Waals surface area contributed by atoms with Crippen LogP contribution in [0.4, 0.5) is 24.7 Å². The molecule has 0 spiro atoms. The molecule has 0 fully saturated rings. The minimum absolute atomic E-state index is 0.0631. The summed E-state index contributed by atoms with van der Waals surface area (Å²) < 4.78 is 37.9. The molecule has 0 saturated heterocycles. The van der Waals surface area contributed by atoms with Crippen LogP contribution in [-0.2, 0) is 11.6 Å². The van der Waals surface area contributed by atoms with E-state index in [1.165, 1.54) is 12.1 Å². The third-order valence-corrected chi connectivity index (χ3v) is 3.43. The van der Waals surface area contributed by atoms with Crippen molar-refractivity contribution >= 4 is 34.7 Å². The number of aromatic nitrogens is 2. The first-order valence-electron chi connectivity index (χ1n) is 6.65. The summed E-state index contributed by atoms with van der Waals surface area (Å²) in [5, 5.41) is 3.04. The molecule has 0 radical (unpaired) electrons. The highest BCUT2D eigenvalue weighted by Gasteiger charge is 2.31. The van der Waals surface area contributed by atoms with E-state index in [9.17, 15) is 13.2 Å². The number of anilines is 2. The van der Waals surface area contributed by atoms with Crippen LogP contribution in [-0.4, -0.2) is 9.97 Å². The van der Waals surface area contributed by atoms with Gasteiger partial charge in [0.1, 0.15) is 16.8 Å². The molecule has 0 aliphatic rings. The van der Waals surface area contributed by atoms with E-state index in [-0.39, 0.29) is 15.6 Å². The summed E-state index contributed by atoms with van der Waals surface area (Å²) in [5.74, 6) is 0.868. The number of nitrogens with zero attached hydrogens (tertiary/aromatic N) is 2. The van der Waals surface area contributed by atoms with Crippen LogP contribution in [0.15, 0.2) is 24.3 Å². The van der Waals surface area contributed by atoms with Crippen molar-refractivity contribution in [1.82, 2.24) is 9.97 Å². The Labute approximate surface area is 141 Å². The second-order valence-electron chi connectivity index (χ2n) is 5.97. The zero-order valence-corrected chi connectivity index (χ0v) is 14.1. The van der Waals surface area contributed by atoms with Gasteiger partial charge < -0.3 is 5.32 Å². The fourth-order valence-corrected chi connectivity index (χ4v) is 2.16. The molecule has 1 heterocycles. The van der Waals surface area contributed by atoms with Crippen LogP contribution in [0.1, 0.15) is 32.2 Å². The number of nitrogens with one attached hydrogen (secondary N) is 1. The lowest BCUT2D eigenvalue weighted by molar-refractivity contribution is -0.137. The number of hydrogen-bond acceptors (Lipinski definition) is 3. The first kappa shape index (κ1) is 17.8. The van der Waals surface area contributed by atoms with E-state index in [0.717, 1.165) is 12.1 Å². The molecule has 124 valence electrons. The minimum atomic E-state index is -4.44. The van der Waals surface area contributed by atoms with Gasteiger partial charge in [0.2, 0.25) is 0 Å². The van der Waals surface area contributed by atoms with Gasteiger partial charge in [-0.3, -0.25) is 0 Å². The molecule has 0 atom stereocenters. The highest BCUT2D eigenvalue weighted by Crippen LogP contribution is 2.35. The molecule has 2 aromatic rings. The van der Waals surface area contributed by atoms with Gasteiger partial charge in [-0.15, -0.1) is 0 Å². The van der Waals surface area contributed by atoms with Crippen molar-refractivity contribution in [2.24, 2.45) is 0 Å². The van der Waals surface area contributed by atoms with E-state index in [4.69, 9.17) is 23.2 Å². The van der Waals surface area contributed by atoms with Crippen molar-refractivity contribution in [3.05, 3.63) is 45.8 Å². The van der Waals surface area contributed by atoms with E-state index in [0.29, 0.717) is 17.3 Å². The average Bonchev–Trinajstić information content (AvgIpc) is 2.38. The molecule has 1 aromatic carbocycles. The van der Waals surface area contributed by atoms with Gasteiger partial charge in [0.25, 0.3) is 0 Å². The Balaban J connectivity index is 2.35. The molecular formula is C15H14Cl2F3N3. The van der Waals surface area contributed by atoms with Crippen LogP contribution in [0.2, 0.25) is 10.2 Å². The number of hydrogen-bond donors (Lipinski definition) is 1. The molecule has 0 bridgehead atoms. The fraction of sp³-hybridized carbons (Fsp3) is 0.333. The topological polar surface area (TPSA) is 37.8 Å². The standard InChI is InChI=1S/C15H14Cl2F3N3/c1-14(2,3)13-22-11(17)7-12(23-13)21-10-5-4-8(6-9(10)16)15(18,19)20/h4-7H,1-3H3,(H,21,22,23). The van der Waals surface area contributed by atoms with Gasteiger partial charge in [-0.25, -0.2) is 9.97 Å². The van der Waals surface area contributed by atoms with Crippen LogP contribution >= 0.6 is 23.2 Å². The third-order valence-electron chi connectivity index (χ3n) is 2.92. The van der Waals surface area contributed by atoms with Gasteiger partial charge in [-0.1, -0.05) is 44.0 Å². The SMILES string of the molecule is CC(C)(C)c1nc(Cl)cc(Nc2ccc(C(F)(F)F)cc2Cl)n1. The van der Waals surface area contributed by atoms with Gasteiger partial charge in [-0.2, -0.15) is 13.2 Å². The van der Waals surface area contributed by atoms with E-state index >= 15 is 0 Å². The van der Waals surface area contributed by atoms with E-state index in [2.05, 4.69) is 15.3 Å². The van der Waals surface area contributed by atoms with Crippen LogP contribution in [0.5, 0.6) is 0 Å². The molecule has 0 saturated carbocycles. The molecule has 0 aliphatic heterocycles. The zero-order valence-electron chi connectivity index (χ0n) is 12.6. The molecule has 1 aromatic heterocycles.